The van der Waals surface area contributed by atoms with Crippen LogP contribution in [-0.4, -0.2) is 24.1 Å². The summed E-state index contributed by atoms with van der Waals surface area (Å²) in [7, 11) is 0. The van der Waals surface area contributed by atoms with Crippen LogP contribution in [0, 0.1) is 0 Å². The number of nitrogens with zero attached hydrogens (tertiary/aromatic N) is 5. The van der Waals surface area contributed by atoms with Crippen molar-refractivity contribution in [1.82, 2.24) is 24.1 Å². The third kappa shape index (κ3) is 5.68. The Morgan fingerprint density at radius 1 is 0.333 bits per heavy atom. The maximum Gasteiger partial charge on any atom is 0.166 e. The van der Waals surface area contributed by atoms with Crippen molar-refractivity contribution in [3.8, 4) is 45.5 Å². The van der Waals surface area contributed by atoms with Gasteiger partial charge in [0.15, 0.2) is 17.5 Å². The van der Waals surface area contributed by atoms with E-state index in [9.17, 15) is 0 Å². The van der Waals surface area contributed by atoms with Gasteiger partial charge in [-0.2, -0.15) is 0 Å². The Morgan fingerprint density at radius 2 is 0.958 bits per heavy atom. The normalized spacial score (nSPS) is 12.2. The van der Waals surface area contributed by atoms with E-state index in [2.05, 4.69) is 221 Å². The van der Waals surface area contributed by atoms with E-state index in [-0.39, 0.29) is 0 Å². The van der Waals surface area contributed by atoms with Gasteiger partial charge in [0.2, 0.25) is 0 Å². The van der Waals surface area contributed by atoms with E-state index in [0.717, 1.165) is 93.6 Å². The summed E-state index contributed by atoms with van der Waals surface area (Å²) < 4.78 is 14.0. The highest BCUT2D eigenvalue weighted by Crippen LogP contribution is 2.46. The predicted molar refractivity (Wildman–Crippen MR) is 300 cm³/mol. The topological polar surface area (TPSA) is 61.7 Å². The fraction of sp³-hybridized carbons (Fsp3) is 0. The molecule has 0 atom stereocenters. The van der Waals surface area contributed by atoms with Gasteiger partial charge in [-0.25, -0.2) is 15.0 Å². The number of thiophene rings is 1. The highest BCUT2D eigenvalue weighted by molar-refractivity contribution is 7.25. The molecule has 5 heterocycles. The zero-order chi connectivity index (χ0) is 47.0. The third-order valence-corrected chi connectivity index (χ3v) is 15.9. The van der Waals surface area contributed by atoms with Gasteiger partial charge in [-0.05, 0) is 82.9 Å². The molecule has 0 fully saturated rings. The second-order valence-corrected chi connectivity index (χ2v) is 19.8. The summed E-state index contributed by atoms with van der Waals surface area (Å²) in [5, 5.41) is 13.6. The quantitative estimate of drug-likeness (QED) is 0.172. The van der Waals surface area contributed by atoms with Crippen molar-refractivity contribution in [2.45, 2.75) is 0 Å². The zero-order valence-corrected chi connectivity index (χ0v) is 39.2. The Labute approximate surface area is 414 Å². The van der Waals surface area contributed by atoms with Crippen LogP contribution in [0.25, 0.3) is 153 Å². The molecule has 0 spiro atoms. The minimum atomic E-state index is 0.545. The van der Waals surface area contributed by atoms with Gasteiger partial charge in [0.25, 0.3) is 0 Å². The molecule has 0 amide bonds. The van der Waals surface area contributed by atoms with E-state index in [1.807, 2.05) is 12.1 Å². The second-order valence-electron chi connectivity index (χ2n) is 18.7. The first-order chi connectivity index (χ1) is 35.7. The molecule has 334 valence electrons. The van der Waals surface area contributed by atoms with Crippen LogP contribution in [0.1, 0.15) is 0 Å². The molecule has 0 aliphatic heterocycles. The summed E-state index contributed by atoms with van der Waals surface area (Å²) in [6, 6.07) is 80.2. The molecule has 7 heteroatoms. The maximum absolute atomic E-state index is 6.78. The van der Waals surface area contributed by atoms with Gasteiger partial charge in [-0.3, -0.25) is 0 Å². The SMILES string of the molecule is c1ccc(-n2c3ccccc3c3c(-c4nc(-c5cc6oc7ccccc7c6cc5-n5c6cc7ccccc7cc6c6ccc7ccccc7c65)nc(-c5cccc6sc7ccccc7c56)n4)cccc32)cc1. The minimum Gasteiger partial charge on any atom is -0.456 e. The molecule has 16 rings (SSSR count). The van der Waals surface area contributed by atoms with E-state index in [1.54, 1.807) is 11.3 Å². The number of fused-ring (bicyclic) bond motifs is 15. The van der Waals surface area contributed by atoms with Crippen molar-refractivity contribution in [3.63, 3.8) is 0 Å². The number of para-hydroxylation sites is 3. The van der Waals surface area contributed by atoms with E-state index in [0.29, 0.717) is 17.5 Å². The van der Waals surface area contributed by atoms with E-state index >= 15 is 0 Å². The largest absolute Gasteiger partial charge is 0.456 e. The number of furan rings is 1. The van der Waals surface area contributed by atoms with E-state index in [4.69, 9.17) is 19.4 Å². The summed E-state index contributed by atoms with van der Waals surface area (Å²) >= 11 is 1.79. The van der Waals surface area contributed by atoms with Crippen LogP contribution in [0.5, 0.6) is 0 Å². The molecular weight excluding hydrogens is 899 g/mol. The monoisotopic (exact) mass is 935 g/mol. The second kappa shape index (κ2) is 15.0. The lowest BCUT2D eigenvalue weighted by atomic mass is 10.0. The Bertz CT molecular complexity index is 4940. The first kappa shape index (κ1) is 39.4. The first-order valence-electron chi connectivity index (χ1n) is 24.3. The van der Waals surface area contributed by atoms with Gasteiger partial charge in [-0.1, -0.05) is 158 Å². The van der Waals surface area contributed by atoms with Crippen LogP contribution in [-0.2, 0) is 0 Å². The number of hydrogen-bond donors (Lipinski definition) is 0. The molecular formula is C65H37N5OS. The molecule has 6 nitrogen and oxygen atoms in total. The van der Waals surface area contributed by atoms with Gasteiger partial charge in [-0.15, -0.1) is 11.3 Å². The third-order valence-electron chi connectivity index (χ3n) is 14.7. The highest BCUT2D eigenvalue weighted by atomic mass is 32.1. The summed E-state index contributed by atoms with van der Waals surface area (Å²) in [5.74, 6) is 1.73. The fourth-order valence-corrected chi connectivity index (χ4v) is 12.7. The average Bonchev–Trinajstić information content (AvgIpc) is 4.20. The smallest absolute Gasteiger partial charge is 0.166 e. The van der Waals surface area contributed by atoms with E-state index in [1.165, 1.54) is 41.7 Å². The summed E-state index contributed by atoms with van der Waals surface area (Å²) in [6.45, 7) is 0. The molecule has 5 aromatic heterocycles. The summed E-state index contributed by atoms with van der Waals surface area (Å²) in [6.07, 6.45) is 0. The number of hydrogen-bond acceptors (Lipinski definition) is 5. The molecule has 11 aromatic carbocycles. The van der Waals surface area contributed by atoms with E-state index < -0.39 is 0 Å². The maximum atomic E-state index is 6.78. The van der Waals surface area contributed by atoms with Crippen molar-refractivity contribution in [2.24, 2.45) is 0 Å². The van der Waals surface area contributed by atoms with Crippen LogP contribution in [0.3, 0.4) is 0 Å². The fourth-order valence-electron chi connectivity index (χ4n) is 11.6. The molecule has 16 aromatic rings. The Morgan fingerprint density at radius 3 is 1.79 bits per heavy atom. The molecule has 0 radical (unpaired) electrons. The van der Waals surface area contributed by atoms with Crippen molar-refractivity contribution < 1.29 is 4.42 Å². The average molecular weight is 936 g/mol. The van der Waals surface area contributed by atoms with Gasteiger partial charge >= 0.3 is 0 Å². The standard InChI is InChI=1S/C65H37N5OS/c1-2-19-41(20-3-1)69-52-27-11-8-23-45(52)60-47(25-14-28-53(60)69)63-66-64(48-26-15-31-59-61(48)46-24-10-13-30-58(46)72-59)68-65(67-63)51-37-57-50(43-22-9-12-29-56(43)71-57)36-55(51)70-54-35-40-18-5-4-17-39(40)34-49(54)44-33-32-38-16-6-7-21-42(38)62(44)70/h1-37H. The summed E-state index contributed by atoms with van der Waals surface area (Å²) in [4.78, 5) is 16.9. The van der Waals surface area contributed by atoms with Crippen molar-refractivity contribution in [1.29, 1.82) is 0 Å². The lowest BCUT2D eigenvalue weighted by molar-refractivity contribution is 0.669. The number of aromatic nitrogens is 5. The van der Waals surface area contributed by atoms with Crippen LogP contribution >= 0.6 is 11.3 Å². The van der Waals surface area contributed by atoms with Gasteiger partial charge in [0, 0.05) is 80.3 Å². The molecule has 0 unspecified atom stereocenters. The molecule has 0 N–H and O–H groups in total. The predicted octanol–water partition coefficient (Wildman–Crippen LogP) is 17.6. The van der Waals surface area contributed by atoms with Gasteiger partial charge in [0.1, 0.15) is 11.2 Å². The molecule has 0 aliphatic rings. The van der Waals surface area contributed by atoms with Crippen molar-refractivity contribution in [2.75, 3.05) is 0 Å². The van der Waals surface area contributed by atoms with Gasteiger partial charge in [0.05, 0.1) is 27.8 Å². The highest BCUT2D eigenvalue weighted by Gasteiger charge is 2.26. The zero-order valence-electron chi connectivity index (χ0n) is 38.4. The Kier molecular flexibility index (Phi) is 8.23. The lowest BCUT2D eigenvalue weighted by Crippen LogP contribution is -2.04. The molecule has 0 saturated carbocycles. The molecule has 0 bridgehead atoms. The molecule has 0 saturated heterocycles. The van der Waals surface area contributed by atoms with Crippen molar-refractivity contribution >= 4 is 119 Å². The van der Waals surface area contributed by atoms with Crippen LogP contribution in [0.2, 0.25) is 0 Å². The Balaban J connectivity index is 1.07. The van der Waals surface area contributed by atoms with Gasteiger partial charge < -0.3 is 13.6 Å². The van der Waals surface area contributed by atoms with Crippen LogP contribution in [0.4, 0.5) is 0 Å². The van der Waals surface area contributed by atoms with Crippen LogP contribution < -0.4 is 0 Å². The molecule has 72 heavy (non-hydrogen) atoms. The molecule has 0 aliphatic carbocycles. The lowest BCUT2D eigenvalue weighted by Gasteiger charge is -2.16. The first-order valence-corrected chi connectivity index (χ1v) is 25.1. The number of rotatable bonds is 5. The number of benzene rings is 11. The van der Waals surface area contributed by atoms with Crippen molar-refractivity contribution in [3.05, 3.63) is 224 Å². The minimum absolute atomic E-state index is 0.545. The van der Waals surface area contributed by atoms with Crippen LogP contribution in [0.15, 0.2) is 229 Å². The summed E-state index contributed by atoms with van der Waals surface area (Å²) in [5.41, 5.74) is 10.7. The Hall–Kier alpha value is -9.43.